The van der Waals surface area contributed by atoms with Crippen LogP contribution in [0.3, 0.4) is 0 Å². The maximum Gasteiger partial charge on any atom is 0.331 e. The summed E-state index contributed by atoms with van der Waals surface area (Å²) in [6.45, 7) is 3.57. The van der Waals surface area contributed by atoms with E-state index in [-0.39, 0.29) is 11.9 Å². The molecule has 2 amide bonds. The van der Waals surface area contributed by atoms with Crippen LogP contribution in [0.25, 0.3) is 0 Å². The Morgan fingerprint density at radius 1 is 1.46 bits per heavy atom. The average molecular weight is 354 g/mol. The van der Waals surface area contributed by atoms with E-state index in [0.717, 1.165) is 18.6 Å². The van der Waals surface area contributed by atoms with E-state index in [1.165, 1.54) is 30.8 Å². The molecule has 1 aliphatic rings. The highest BCUT2D eigenvalue weighted by molar-refractivity contribution is 7.98. The molecule has 1 unspecified atom stereocenters. The van der Waals surface area contributed by atoms with Gasteiger partial charge in [0.15, 0.2) is 11.4 Å². The molecule has 1 saturated heterocycles. The van der Waals surface area contributed by atoms with Gasteiger partial charge in [0.1, 0.15) is 0 Å². The van der Waals surface area contributed by atoms with Gasteiger partial charge in [-0.3, -0.25) is 14.3 Å². The van der Waals surface area contributed by atoms with Gasteiger partial charge in [-0.1, -0.05) is 0 Å². The second-order valence-corrected chi connectivity index (χ2v) is 7.12. The van der Waals surface area contributed by atoms with Crippen LogP contribution in [0.15, 0.2) is 12.3 Å². The summed E-state index contributed by atoms with van der Waals surface area (Å²) in [5.74, 6) is -1.40. The summed E-state index contributed by atoms with van der Waals surface area (Å²) < 4.78 is 1.24. The summed E-state index contributed by atoms with van der Waals surface area (Å²) in [4.78, 5) is 37.3. The first-order valence-corrected chi connectivity index (χ1v) is 9.07. The summed E-state index contributed by atoms with van der Waals surface area (Å²) in [5.41, 5.74) is -1.24. The van der Waals surface area contributed by atoms with Crippen LogP contribution in [0.5, 0.6) is 0 Å². The first-order valence-electron chi connectivity index (χ1n) is 7.67. The largest absolute Gasteiger partial charge is 0.479 e. The van der Waals surface area contributed by atoms with Crippen molar-refractivity contribution in [2.24, 2.45) is 0 Å². The molecule has 2 heterocycles. The van der Waals surface area contributed by atoms with Crippen LogP contribution in [0, 0.1) is 0 Å². The van der Waals surface area contributed by atoms with Gasteiger partial charge in [0.05, 0.1) is 0 Å². The van der Waals surface area contributed by atoms with E-state index in [0.29, 0.717) is 6.54 Å². The average Bonchev–Trinajstić information content (AvgIpc) is 3.16. The van der Waals surface area contributed by atoms with Gasteiger partial charge >= 0.3 is 17.8 Å². The molecule has 24 heavy (non-hydrogen) atoms. The SMILES string of the molecule is CSCC1CCCN1C(=O)C(=O)Nc1ccn(C(C)(C)C(=O)O)n1. The Morgan fingerprint density at radius 3 is 2.79 bits per heavy atom. The van der Waals surface area contributed by atoms with Crippen molar-refractivity contribution < 1.29 is 19.5 Å². The van der Waals surface area contributed by atoms with E-state index in [9.17, 15) is 19.5 Å². The van der Waals surface area contributed by atoms with E-state index < -0.39 is 23.3 Å². The van der Waals surface area contributed by atoms with Crippen molar-refractivity contribution in [1.29, 1.82) is 0 Å². The lowest BCUT2D eigenvalue weighted by molar-refractivity contribution is -0.146. The molecule has 1 aliphatic heterocycles. The van der Waals surface area contributed by atoms with Crippen LogP contribution in [-0.4, -0.2) is 62.2 Å². The highest BCUT2D eigenvalue weighted by atomic mass is 32.2. The molecule has 0 saturated carbocycles. The molecule has 1 aromatic heterocycles. The number of carbonyl (C=O) groups is 3. The fraction of sp³-hybridized carbons (Fsp3) is 0.600. The second-order valence-electron chi connectivity index (χ2n) is 6.21. The monoisotopic (exact) mass is 354 g/mol. The molecule has 0 bridgehead atoms. The number of hydrogen-bond donors (Lipinski definition) is 2. The van der Waals surface area contributed by atoms with Crippen molar-refractivity contribution in [2.45, 2.75) is 38.3 Å². The molecule has 0 aromatic carbocycles. The van der Waals surface area contributed by atoms with Gasteiger partial charge in [-0.15, -0.1) is 0 Å². The minimum absolute atomic E-state index is 0.0850. The molecule has 0 aliphatic carbocycles. The summed E-state index contributed by atoms with van der Waals surface area (Å²) in [6.07, 6.45) is 5.23. The van der Waals surface area contributed by atoms with Gasteiger partial charge in [-0.25, -0.2) is 4.79 Å². The number of rotatable bonds is 5. The number of nitrogens with zero attached hydrogens (tertiary/aromatic N) is 3. The highest BCUT2D eigenvalue weighted by Gasteiger charge is 2.33. The van der Waals surface area contributed by atoms with Gasteiger partial charge in [0.25, 0.3) is 0 Å². The molecular formula is C15H22N4O4S. The number of thioether (sulfide) groups is 1. The fourth-order valence-electron chi connectivity index (χ4n) is 2.57. The summed E-state index contributed by atoms with van der Waals surface area (Å²) in [6, 6.07) is 1.56. The maximum absolute atomic E-state index is 12.3. The van der Waals surface area contributed by atoms with Gasteiger partial charge in [-0.2, -0.15) is 16.9 Å². The van der Waals surface area contributed by atoms with E-state index >= 15 is 0 Å². The minimum Gasteiger partial charge on any atom is -0.479 e. The molecule has 0 radical (unpaired) electrons. The zero-order valence-electron chi connectivity index (χ0n) is 14.0. The Hall–Kier alpha value is -2.03. The number of likely N-dealkylation sites (tertiary alicyclic amines) is 1. The molecular weight excluding hydrogens is 332 g/mol. The molecule has 1 fully saturated rings. The lowest BCUT2D eigenvalue weighted by Crippen LogP contribution is -2.43. The third-order valence-corrected chi connectivity index (χ3v) is 4.84. The molecule has 9 heteroatoms. The van der Waals surface area contributed by atoms with Crippen LogP contribution < -0.4 is 5.32 Å². The predicted octanol–water partition coefficient (Wildman–Crippen LogP) is 0.995. The van der Waals surface area contributed by atoms with Crippen LogP contribution in [-0.2, 0) is 19.9 Å². The third kappa shape index (κ3) is 3.72. The van der Waals surface area contributed by atoms with Crippen molar-refractivity contribution in [3.63, 3.8) is 0 Å². The molecule has 1 aromatic rings. The summed E-state index contributed by atoms with van der Waals surface area (Å²) in [5, 5.41) is 15.7. The summed E-state index contributed by atoms with van der Waals surface area (Å²) in [7, 11) is 0. The van der Waals surface area contributed by atoms with Crippen molar-refractivity contribution in [1.82, 2.24) is 14.7 Å². The van der Waals surface area contributed by atoms with Crippen molar-refractivity contribution in [2.75, 3.05) is 23.9 Å². The number of amides is 2. The topological polar surface area (TPSA) is 105 Å². The Morgan fingerprint density at radius 2 is 2.17 bits per heavy atom. The molecule has 132 valence electrons. The van der Waals surface area contributed by atoms with Gasteiger partial charge in [0, 0.05) is 30.6 Å². The number of carboxylic acids is 1. The fourth-order valence-corrected chi connectivity index (χ4v) is 3.30. The number of nitrogens with one attached hydrogen (secondary N) is 1. The second kappa shape index (κ2) is 7.25. The Labute approximate surface area is 144 Å². The number of carbonyl (C=O) groups excluding carboxylic acids is 2. The lowest BCUT2D eigenvalue weighted by Gasteiger charge is -2.23. The quantitative estimate of drug-likeness (QED) is 0.764. The molecule has 8 nitrogen and oxygen atoms in total. The molecule has 1 atom stereocenters. The number of aromatic nitrogens is 2. The third-order valence-electron chi connectivity index (χ3n) is 4.12. The Kier molecular flexibility index (Phi) is 5.53. The normalized spacial score (nSPS) is 17.8. The Bertz CT molecular complexity index is 643. The number of anilines is 1. The van der Waals surface area contributed by atoms with Crippen molar-refractivity contribution >= 4 is 35.4 Å². The van der Waals surface area contributed by atoms with Crippen LogP contribution in [0.4, 0.5) is 5.82 Å². The van der Waals surface area contributed by atoms with E-state index in [2.05, 4.69) is 10.4 Å². The number of carboxylic acid groups (broad SMARTS) is 1. The van der Waals surface area contributed by atoms with Crippen molar-refractivity contribution in [3.8, 4) is 0 Å². The van der Waals surface area contributed by atoms with Crippen molar-refractivity contribution in [3.05, 3.63) is 12.3 Å². The summed E-state index contributed by atoms with van der Waals surface area (Å²) >= 11 is 1.65. The van der Waals surface area contributed by atoms with Crippen LogP contribution in [0.1, 0.15) is 26.7 Å². The standard InChI is InChI=1S/C15H22N4O4S/c1-15(2,14(22)23)19-8-6-11(17-19)16-12(20)13(21)18-7-4-5-10(18)9-24-3/h6,8,10H,4-5,7,9H2,1-3H3,(H,22,23)(H,16,17,20). The first-order chi connectivity index (χ1) is 11.3. The van der Waals surface area contributed by atoms with Gasteiger partial charge in [-0.05, 0) is 32.9 Å². The lowest BCUT2D eigenvalue weighted by atomic mass is 10.1. The van der Waals surface area contributed by atoms with E-state index in [1.807, 2.05) is 6.26 Å². The molecule has 2 rings (SSSR count). The zero-order chi connectivity index (χ0) is 17.9. The molecule has 0 spiro atoms. The molecule has 2 N–H and O–H groups in total. The highest BCUT2D eigenvalue weighted by Crippen LogP contribution is 2.21. The van der Waals surface area contributed by atoms with Gasteiger partial charge < -0.3 is 15.3 Å². The maximum atomic E-state index is 12.3. The van der Waals surface area contributed by atoms with Crippen LogP contribution in [0.2, 0.25) is 0 Å². The smallest absolute Gasteiger partial charge is 0.331 e. The van der Waals surface area contributed by atoms with E-state index in [4.69, 9.17) is 0 Å². The zero-order valence-corrected chi connectivity index (χ0v) is 14.8. The Balaban J connectivity index is 2.03. The minimum atomic E-state index is -1.24. The number of aliphatic carboxylic acids is 1. The van der Waals surface area contributed by atoms with Gasteiger partial charge in [0.2, 0.25) is 0 Å². The first kappa shape index (κ1) is 18.3. The number of hydrogen-bond acceptors (Lipinski definition) is 5. The van der Waals surface area contributed by atoms with E-state index in [1.54, 1.807) is 16.7 Å². The predicted molar refractivity (Wildman–Crippen MR) is 90.9 cm³/mol. The van der Waals surface area contributed by atoms with Crippen LogP contribution >= 0.6 is 11.8 Å².